The zero-order chi connectivity index (χ0) is 12.4. The molecule has 96 valence electrons. The van der Waals surface area contributed by atoms with Gasteiger partial charge in [-0.1, -0.05) is 24.1 Å². The lowest BCUT2D eigenvalue weighted by molar-refractivity contribution is 0.569. The molecule has 18 heavy (non-hydrogen) atoms. The largest absolute Gasteiger partial charge is 0.324 e. The SMILES string of the molecule is NC1C=C(C2CCCc3cccnc32)CCCC1. The zero-order valence-corrected chi connectivity index (χ0v) is 10.9. The number of hydrogen-bond acceptors (Lipinski definition) is 2. The van der Waals surface area contributed by atoms with Gasteiger partial charge in [-0.3, -0.25) is 4.98 Å². The molecule has 1 aromatic heterocycles. The van der Waals surface area contributed by atoms with Crippen molar-refractivity contribution in [2.45, 2.75) is 56.9 Å². The molecule has 0 bridgehead atoms. The van der Waals surface area contributed by atoms with E-state index in [4.69, 9.17) is 5.73 Å². The molecule has 2 unspecified atom stereocenters. The Morgan fingerprint density at radius 2 is 2.06 bits per heavy atom. The average molecular weight is 242 g/mol. The van der Waals surface area contributed by atoms with E-state index < -0.39 is 0 Å². The maximum Gasteiger partial charge on any atom is 0.0506 e. The van der Waals surface area contributed by atoms with Crippen molar-refractivity contribution in [3.63, 3.8) is 0 Å². The summed E-state index contributed by atoms with van der Waals surface area (Å²) in [5.41, 5.74) is 10.5. The Labute approximate surface area is 109 Å². The summed E-state index contributed by atoms with van der Waals surface area (Å²) >= 11 is 0. The Morgan fingerprint density at radius 3 is 3.00 bits per heavy atom. The molecule has 3 rings (SSSR count). The number of allylic oxidation sites excluding steroid dienone is 1. The summed E-state index contributed by atoms with van der Waals surface area (Å²) in [5, 5.41) is 0. The minimum absolute atomic E-state index is 0.261. The van der Waals surface area contributed by atoms with Crippen molar-refractivity contribution in [3.05, 3.63) is 41.2 Å². The van der Waals surface area contributed by atoms with Crippen molar-refractivity contribution in [1.29, 1.82) is 0 Å². The molecule has 2 nitrogen and oxygen atoms in total. The van der Waals surface area contributed by atoms with Gasteiger partial charge in [0.1, 0.15) is 0 Å². The molecular formula is C16H22N2. The number of hydrogen-bond donors (Lipinski definition) is 1. The number of aryl methyl sites for hydroxylation is 1. The van der Waals surface area contributed by atoms with Crippen LogP contribution in [0.15, 0.2) is 30.0 Å². The van der Waals surface area contributed by atoms with Gasteiger partial charge in [-0.05, 0) is 50.2 Å². The van der Waals surface area contributed by atoms with E-state index in [-0.39, 0.29) is 6.04 Å². The second kappa shape index (κ2) is 5.23. The molecule has 0 aromatic carbocycles. The maximum absolute atomic E-state index is 6.15. The first kappa shape index (κ1) is 11.9. The lowest BCUT2D eigenvalue weighted by Crippen LogP contribution is -2.18. The highest BCUT2D eigenvalue weighted by molar-refractivity contribution is 5.33. The Hall–Kier alpha value is -1.15. The van der Waals surface area contributed by atoms with Crippen molar-refractivity contribution >= 4 is 0 Å². The molecule has 2 atom stereocenters. The van der Waals surface area contributed by atoms with Crippen LogP contribution >= 0.6 is 0 Å². The fraction of sp³-hybridized carbons (Fsp3) is 0.562. The molecule has 2 heteroatoms. The summed E-state index contributed by atoms with van der Waals surface area (Å²) in [5.74, 6) is 0.541. The van der Waals surface area contributed by atoms with Crippen molar-refractivity contribution in [2.75, 3.05) is 0 Å². The number of rotatable bonds is 1. The van der Waals surface area contributed by atoms with Gasteiger partial charge in [0.2, 0.25) is 0 Å². The van der Waals surface area contributed by atoms with Gasteiger partial charge in [-0.15, -0.1) is 0 Å². The minimum Gasteiger partial charge on any atom is -0.324 e. The summed E-state index contributed by atoms with van der Waals surface area (Å²) in [6, 6.07) is 4.57. The third-order valence-electron chi connectivity index (χ3n) is 4.32. The monoisotopic (exact) mass is 242 g/mol. The fourth-order valence-corrected chi connectivity index (χ4v) is 3.41. The number of pyridine rings is 1. The van der Waals surface area contributed by atoms with E-state index in [9.17, 15) is 0 Å². The number of nitrogens with two attached hydrogens (primary N) is 1. The van der Waals surface area contributed by atoms with E-state index in [1.807, 2.05) is 6.20 Å². The Balaban J connectivity index is 1.93. The molecule has 1 heterocycles. The predicted octanol–water partition coefficient (Wildman–Crippen LogP) is 3.33. The van der Waals surface area contributed by atoms with E-state index in [1.165, 1.54) is 49.8 Å². The zero-order valence-electron chi connectivity index (χ0n) is 10.9. The third kappa shape index (κ3) is 2.35. The van der Waals surface area contributed by atoms with Crippen LogP contribution in [0.5, 0.6) is 0 Å². The molecular weight excluding hydrogens is 220 g/mol. The normalized spacial score (nSPS) is 28.2. The van der Waals surface area contributed by atoms with Crippen LogP contribution in [0.25, 0.3) is 0 Å². The summed E-state index contributed by atoms with van der Waals surface area (Å²) in [4.78, 5) is 4.65. The van der Waals surface area contributed by atoms with Crippen LogP contribution in [-0.4, -0.2) is 11.0 Å². The molecule has 0 saturated carbocycles. The van der Waals surface area contributed by atoms with Crippen LogP contribution in [0.3, 0.4) is 0 Å². The lowest BCUT2D eigenvalue weighted by Gasteiger charge is -2.26. The molecule has 2 aliphatic rings. The maximum atomic E-state index is 6.15. The number of nitrogens with zero attached hydrogens (tertiary/aromatic N) is 1. The Morgan fingerprint density at radius 1 is 1.11 bits per heavy atom. The third-order valence-corrected chi connectivity index (χ3v) is 4.32. The van der Waals surface area contributed by atoms with E-state index >= 15 is 0 Å². The van der Waals surface area contributed by atoms with Crippen LogP contribution in [0.4, 0.5) is 0 Å². The standard InChI is InChI=1S/C16H22N2/c17-14-8-2-1-5-13(11-14)15-9-3-6-12-7-4-10-18-16(12)15/h4,7,10-11,14-15H,1-3,5-6,8-9,17H2. The van der Waals surface area contributed by atoms with E-state index in [0.29, 0.717) is 5.92 Å². The van der Waals surface area contributed by atoms with Gasteiger partial charge in [-0.25, -0.2) is 0 Å². The molecule has 0 fully saturated rings. The summed E-state index contributed by atoms with van der Waals surface area (Å²) in [6.07, 6.45) is 12.9. The lowest BCUT2D eigenvalue weighted by atomic mass is 9.80. The molecule has 0 aliphatic heterocycles. The first-order chi connectivity index (χ1) is 8.84. The second-order valence-electron chi connectivity index (χ2n) is 5.64. The molecule has 2 aliphatic carbocycles. The first-order valence-corrected chi connectivity index (χ1v) is 7.24. The van der Waals surface area contributed by atoms with Gasteiger partial charge in [0.05, 0.1) is 5.69 Å². The number of fused-ring (bicyclic) bond motifs is 1. The van der Waals surface area contributed by atoms with Crippen LogP contribution in [0.1, 0.15) is 55.7 Å². The summed E-state index contributed by atoms with van der Waals surface area (Å²) < 4.78 is 0. The smallest absolute Gasteiger partial charge is 0.0506 e. The second-order valence-corrected chi connectivity index (χ2v) is 5.64. The van der Waals surface area contributed by atoms with Gasteiger partial charge in [-0.2, -0.15) is 0 Å². The van der Waals surface area contributed by atoms with Crippen LogP contribution in [-0.2, 0) is 6.42 Å². The highest BCUT2D eigenvalue weighted by Crippen LogP contribution is 2.38. The average Bonchev–Trinajstić information content (AvgIpc) is 2.63. The highest BCUT2D eigenvalue weighted by atomic mass is 14.7. The van der Waals surface area contributed by atoms with E-state index in [2.05, 4.69) is 23.2 Å². The summed E-state index contributed by atoms with van der Waals surface area (Å²) in [7, 11) is 0. The highest BCUT2D eigenvalue weighted by Gasteiger charge is 2.25. The minimum atomic E-state index is 0.261. The topological polar surface area (TPSA) is 38.9 Å². The molecule has 0 radical (unpaired) electrons. The molecule has 0 spiro atoms. The quantitative estimate of drug-likeness (QED) is 0.767. The van der Waals surface area contributed by atoms with Gasteiger partial charge < -0.3 is 5.73 Å². The van der Waals surface area contributed by atoms with Crippen molar-refractivity contribution in [2.24, 2.45) is 5.73 Å². The Kier molecular flexibility index (Phi) is 3.46. The van der Waals surface area contributed by atoms with Gasteiger partial charge in [0.25, 0.3) is 0 Å². The van der Waals surface area contributed by atoms with E-state index in [0.717, 1.165) is 6.42 Å². The van der Waals surface area contributed by atoms with Crippen LogP contribution in [0.2, 0.25) is 0 Å². The number of aromatic nitrogens is 1. The van der Waals surface area contributed by atoms with Gasteiger partial charge in [0, 0.05) is 18.2 Å². The van der Waals surface area contributed by atoms with Crippen molar-refractivity contribution in [1.82, 2.24) is 4.98 Å². The molecule has 0 saturated heterocycles. The van der Waals surface area contributed by atoms with Gasteiger partial charge >= 0.3 is 0 Å². The molecule has 1 aromatic rings. The van der Waals surface area contributed by atoms with Crippen molar-refractivity contribution in [3.8, 4) is 0 Å². The molecule has 0 amide bonds. The summed E-state index contributed by atoms with van der Waals surface area (Å²) in [6.45, 7) is 0. The molecule has 2 N–H and O–H groups in total. The van der Waals surface area contributed by atoms with E-state index in [1.54, 1.807) is 5.57 Å². The Bertz CT molecular complexity index is 450. The van der Waals surface area contributed by atoms with Crippen molar-refractivity contribution < 1.29 is 0 Å². The predicted molar refractivity (Wildman–Crippen MR) is 74.4 cm³/mol. The first-order valence-electron chi connectivity index (χ1n) is 7.24. The van der Waals surface area contributed by atoms with Gasteiger partial charge in [0.15, 0.2) is 0 Å². The fourth-order valence-electron chi connectivity index (χ4n) is 3.41. The van der Waals surface area contributed by atoms with Crippen LogP contribution in [0, 0.1) is 0 Å². The van der Waals surface area contributed by atoms with Crippen LogP contribution < -0.4 is 5.73 Å².